The number of carbonyl (C=O) groups is 2. The van der Waals surface area contributed by atoms with E-state index >= 15 is 0 Å². The van der Waals surface area contributed by atoms with Gasteiger partial charge < -0.3 is 20.1 Å². The van der Waals surface area contributed by atoms with Gasteiger partial charge in [0, 0.05) is 19.7 Å². The van der Waals surface area contributed by atoms with Crippen LogP contribution in [0, 0.1) is 0 Å². The van der Waals surface area contributed by atoms with Crippen molar-refractivity contribution >= 4 is 23.3 Å². The van der Waals surface area contributed by atoms with Crippen molar-refractivity contribution in [2.75, 3.05) is 13.7 Å². The van der Waals surface area contributed by atoms with Crippen molar-refractivity contribution in [1.82, 2.24) is 10.2 Å². The molecule has 0 radical (unpaired) electrons. The molecule has 2 rings (SSSR count). The highest BCUT2D eigenvalue weighted by Gasteiger charge is 2.33. The lowest BCUT2D eigenvalue weighted by Gasteiger charge is -2.23. The Labute approximate surface area is 121 Å². The summed E-state index contributed by atoms with van der Waals surface area (Å²) in [5.74, 6) is -1.08. The maximum absolute atomic E-state index is 12.2. The summed E-state index contributed by atoms with van der Waals surface area (Å²) in [6, 6.07) is 2.02. The highest BCUT2D eigenvalue weighted by atomic mass is 32.1. The molecule has 7 heteroatoms. The molecule has 6 nitrogen and oxygen atoms in total. The third-order valence-corrected chi connectivity index (χ3v) is 3.91. The lowest BCUT2D eigenvalue weighted by atomic mass is 10.3. The van der Waals surface area contributed by atoms with Gasteiger partial charge in [-0.15, -0.1) is 0 Å². The van der Waals surface area contributed by atoms with Crippen LogP contribution in [-0.2, 0) is 16.1 Å². The lowest BCUT2D eigenvalue weighted by Crippen LogP contribution is -2.45. The Balaban J connectivity index is 1.89. The monoisotopic (exact) mass is 298 g/mol. The Kier molecular flexibility index (Phi) is 4.97. The molecule has 0 spiro atoms. The number of carboxylic acids is 1. The largest absolute Gasteiger partial charge is 0.479 e. The van der Waals surface area contributed by atoms with Gasteiger partial charge in [-0.3, -0.25) is 0 Å². The number of thiophene rings is 1. The Bertz CT molecular complexity index is 459. The van der Waals surface area contributed by atoms with Gasteiger partial charge in [0.25, 0.3) is 0 Å². The van der Waals surface area contributed by atoms with Crippen LogP contribution >= 0.6 is 11.3 Å². The molecule has 0 bridgehead atoms. The molecule has 1 aromatic heterocycles. The summed E-state index contributed by atoms with van der Waals surface area (Å²) < 4.78 is 4.79. The van der Waals surface area contributed by atoms with Crippen molar-refractivity contribution in [1.29, 1.82) is 0 Å². The highest BCUT2D eigenvalue weighted by molar-refractivity contribution is 7.07. The number of hydrogen-bond donors (Lipinski definition) is 2. The number of urea groups is 1. The normalized spacial score (nSPS) is 15.7. The number of carbonyl (C=O) groups excluding carboxylic acids is 1. The Morgan fingerprint density at radius 1 is 1.60 bits per heavy atom. The molecule has 1 fully saturated rings. The topological polar surface area (TPSA) is 78.9 Å². The van der Waals surface area contributed by atoms with E-state index in [2.05, 4.69) is 5.32 Å². The summed E-state index contributed by atoms with van der Waals surface area (Å²) in [5.41, 5.74) is 1.10. The first-order valence-electron chi connectivity index (χ1n) is 6.43. The quantitative estimate of drug-likeness (QED) is 0.800. The molecule has 0 saturated heterocycles. The van der Waals surface area contributed by atoms with Crippen LogP contribution in [-0.4, -0.2) is 47.8 Å². The zero-order chi connectivity index (χ0) is 14.5. The van der Waals surface area contributed by atoms with Gasteiger partial charge in [0.1, 0.15) is 0 Å². The van der Waals surface area contributed by atoms with Crippen molar-refractivity contribution in [2.45, 2.75) is 31.5 Å². The average molecular weight is 298 g/mol. The average Bonchev–Trinajstić information content (AvgIpc) is 3.13. The minimum Gasteiger partial charge on any atom is -0.479 e. The van der Waals surface area contributed by atoms with Crippen LogP contribution in [0.25, 0.3) is 0 Å². The van der Waals surface area contributed by atoms with Crippen LogP contribution in [0.4, 0.5) is 4.79 Å². The fourth-order valence-electron chi connectivity index (χ4n) is 1.89. The lowest BCUT2D eigenvalue weighted by molar-refractivity contribution is -0.148. The third-order valence-electron chi connectivity index (χ3n) is 3.18. The molecule has 1 aromatic rings. The van der Waals surface area contributed by atoms with Crippen molar-refractivity contribution in [2.24, 2.45) is 0 Å². The summed E-state index contributed by atoms with van der Waals surface area (Å²) in [4.78, 5) is 24.8. The summed E-state index contributed by atoms with van der Waals surface area (Å²) in [5, 5.41) is 15.5. The third kappa shape index (κ3) is 3.94. The van der Waals surface area contributed by atoms with E-state index in [1.54, 1.807) is 16.2 Å². The summed E-state index contributed by atoms with van der Waals surface area (Å²) in [6.45, 7) is 0.530. The molecule has 110 valence electrons. The predicted octanol–water partition coefficient (Wildman–Crippen LogP) is 1.52. The summed E-state index contributed by atoms with van der Waals surface area (Å²) in [6.07, 6.45) is 0.995. The van der Waals surface area contributed by atoms with E-state index in [1.165, 1.54) is 7.11 Å². The number of amides is 2. The zero-order valence-electron chi connectivity index (χ0n) is 11.2. The van der Waals surface area contributed by atoms with Gasteiger partial charge in [-0.05, 0) is 35.2 Å². The second kappa shape index (κ2) is 6.71. The maximum Gasteiger partial charge on any atom is 0.334 e. The first kappa shape index (κ1) is 14.8. The Hall–Kier alpha value is -1.60. The smallest absolute Gasteiger partial charge is 0.334 e. The molecule has 2 N–H and O–H groups in total. The molecule has 1 unspecified atom stereocenters. The van der Waals surface area contributed by atoms with Gasteiger partial charge in [-0.2, -0.15) is 11.3 Å². The van der Waals surface area contributed by atoms with Gasteiger partial charge in [0.15, 0.2) is 6.10 Å². The molecule has 1 heterocycles. The Morgan fingerprint density at radius 2 is 2.35 bits per heavy atom. The summed E-state index contributed by atoms with van der Waals surface area (Å²) >= 11 is 1.60. The molecule has 0 aliphatic heterocycles. The number of ether oxygens (including phenoxy) is 1. The van der Waals surface area contributed by atoms with Gasteiger partial charge in [-0.1, -0.05) is 0 Å². The minimum absolute atomic E-state index is 0.0302. The zero-order valence-corrected chi connectivity index (χ0v) is 12.1. The van der Waals surface area contributed by atoms with Crippen LogP contribution in [0.3, 0.4) is 0 Å². The van der Waals surface area contributed by atoms with Crippen LogP contribution in [0.2, 0.25) is 0 Å². The van der Waals surface area contributed by atoms with Crippen molar-refractivity contribution in [3.63, 3.8) is 0 Å². The second-order valence-electron chi connectivity index (χ2n) is 4.74. The second-order valence-corrected chi connectivity index (χ2v) is 5.52. The van der Waals surface area contributed by atoms with E-state index in [-0.39, 0.29) is 18.6 Å². The number of methoxy groups -OCH3 is 1. The SMILES string of the molecule is COC(CNC(=O)N(Cc1ccsc1)C1CC1)C(=O)O. The summed E-state index contributed by atoms with van der Waals surface area (Å²) in [7, 11) is 1.31. The van der Waals surface area contributed by atoms with E-state index in [4.69, 9.17) is 9.84 Å². The van der Waals surface area contributed by atoms with Crippen LogP contribution in [0.15, 0.2) is 16.8 Å². The van der Waals surface area contributed by atoms with Crippen LogP contribution in [0.5, 0.6) is 0 Å². The maximum atomic E-state index is 12.2. The molecule has 0 aromatic carbocycles. The fraction of sp³-hybridized carbons (Fsp3) is 0.538. The van der Waals surface area contributed by atoms with Crippen molar-refractivity contribution in [3.8, 4) is 0 Å². The molecule has 2 amide bonds. The first-order valence-corrected chi connectivity index (χ1v) is 7.37. The molecule has 1 saturated carbocycles. The van der Waals surface area contributed by atoms with Gasteiger partial charge in [0.05, 0.1) is 6.54 Å². The van der Waals surface area contributed by atoms with E-state index in [0.29, 0.717) is 6.54 Å². The molecule has 1 aliphatic rings. The van der Waals surface area contributed by atoms with E-state index in [9.17, 15) is 9.59 Å². The number of nitrogens with zero attached hydrogens (tertiary/aromatic N) is 1. The molecule has 20 heavy (non-hydrogen) atoms. The van der Waals surface area contributed by atoms with Crippen molar-refractivity contribution < 1.29 is 19.4 Å². The van der Waals surface area contributed by atoms with Crippen LogP contribution in [0.1, 0.15) is 18.4 Å². The number of rotatable bonds is 7. The van der Waals surface area contributed by atoms with Gasteiger partial charge in [-0.25, -0.2) is 9.59 Å². The predicted molar refractivity (Wildman–Crippen MR) is 74.7 cm³/mol. The Morgan fingerprint density at radius 3 is 2.85 bits per heavy atom. The molecule has 1 atom stereocenters. The highest BCUT2D eigenvalue weighted by Crippen LogP contribution is 2.28. The van der Waals surface area contributed by atoms with E-state index < -0.39 is 12.1 Å². The number of carboxylic acid groups (broad SMARTS) is 1. The van der Waals surface area contributed by atoms with Gasteiger partial charge in [0.2, 0.25) is 0 Å². The van der Waals surface area contributed by atoms with E-state index in [1.807, 2.05) is 16.8 Å². The number of hydrogen-bond acceptors (Lipinski definition) is 4. The standard InChI is InChI=1S/C13H18N2O4S/c1-19-11(12(16)17)6-14-13(18)15(10-2-3-10)7-9-4-5-20-8-9/h4-5,8,10-11H,2-3,6-7H2,1H3,(H,14,18)(H,16,17). The van der Waals surface area contributed by atoms with E-state index in [0.717, 1.165) is 18.4 Å². The molecular formula is C13H18N2O4S. The first-order chi connectivity index (χ1) is 9.61. The fourth-order valence-corrected chi connectivity index (χ4v) is 2.55. The minimum atomic E-state index is -1.08. The number of nitrogens with one attached hydrogen (secondary N) is 1. The van der Waals surface area contributed by atoms with Crippen molar-refractivity contribution in [3.05, 3.63) is 22.4 Å². The molecular weight excluding hydrogens is 280 g/mol. The van der Waals surface area contributed by atoms with Gasteiger partial charge >= 0.3 is 12.0 Å². The molecule has 1 aliphatic carbocycles. The van der Waals surface area contributed by atoms with Crippen LogP contribution < -0.4 is 5.32 Å². The number of aliphatic carboxylic acids is 1.